The number of rotatable bonds is 5. The Labute approximate surface area is 195 Å². The van der Waals surface area contributed by atoms with E-state index in [1.54, 1.807) is 0 Å². The van der Waals surface area contributed by atoms with Crippen molar-refractivity contribution in [3.05, 3.63) is 35.8 Å². The first-order valence-corrected chi connectivity index (χ1v) is 13.6. The summed E-state index contributed by atoms with van der Waals surface area (Å²) in [5, 5.41) is 0. The van der Waals surface area contributed by atoms with E-state index in [0.717, 1.165) is 56.8 Å². The fraction of sp³-hybridized carbons (Fsp3) is 0.609. The third-order valence-electron chi connectivity index (χ3n) is 6.59. The smallest absolute Gasteiger partial charge is 0.320 e. The molecular formula is C23H33FN4O4S. The topological polar surface area (TPSA) is 82.2 Å². The molecule has 0 aliphatic carbocycles. The van der Waals surface area contributed by atoms with Gasteiger partial charge in [0.15, 0.2) is 9.84 Å². The summed E-state index contributed by atoms with van der Waals surface area (Å²) in [5.41, 5.74) is 4.41. The minimum absolute atomic E-state index is 0.0178. The fourth-order valence-electron chi connectivity index (χ4n) is 4.56. The van der Waals surface area contributed by atoms with Gasteiger partial charge in [-0.1, -0.05) is 0 Å². The van der Waals surface area contributed by atoms with Gasteiger partial charge in [0.05, 0.1) is 16.7 Å². The van der Waals surface area contributed by atoms with Crippen molar-refractivity contribution in [3.8, 4) is 0 Å². The number of hydroxylamine groups is 1. The number of sulfone groups is 1. The summed E-state index contributed by atoms with van der Waals surface area (Å²) >= 11 is 0. The highest BCUT2D eigenvalue weighted by molar-refractivity contribution is 7.90. The van der Waals surface area contributed by atoms with E-state index in [0.29, 0.717) is 38.3 Å². The molecule has 182 valence electrons. The molecule has 3 aliphatic rings. The molecule has 3 heterocycles. The molecule has 2 saturated heterocycles. The average Bonchev–Trinajstić information content (AvgIpc) is 2.83. The van der Waals surface area contributed by atoms with Crippen molar-refractivity contribution >= 4 is 21.6 Å². The highest BCUT2D eigenvalue weighted by Gasteiger charge is 2.28. The molecule has 2 amide bonds. The van der Waals surface area contributed by atoms with Crippen molar-refractivity contribution in [1.29, 1.82) is 0 Å². The molecule has 0 unspecified atom stereocenters. The van der Waals surface area contributed by atoms with Gasteiger partial charge in [-0.15, -0.1) is 0 Å². The molecule has 3 aliphatic heterocycles. The van der Waals surface area contributed by atoms with Crippen LogP contribution in [0.3, 0.4) is 0 Å². The van der Waals surface area contributed by atoms with Crippen LogP contribution in [0, 0.1) is 5.82 Å². The fourth-order valence-corrected chi connectivity index (χ4v) is 5.20. The summed E-state index contributed by atoms with van der Waals surface area (Å²) in [4.78, 5) is 24.3. The zero-order valence-corrected chi connectivity index (χ0v) is 19.9. The Balaban J connectivity index is 1.22. The van der Waals surface area contributed by atoms with Crippen molar-refractivity contribution in [2.75, 3.05) is 50.4 Å². The number of nitrogens with zero attached hydrogens (tertiary/aromatic N) is 3. The van der Waals surface area contributed by atoms with Crippen molar-refractivity contribution in [2.45, 2.75) is 49.5 Å². The van der Waals surface area contributed by atoms with E-state index in [1.165, 1.54) is 18.6 Å². The number of likely N-dealkylation sites (tertiary alicyclic amines) is 2. The van der Waals surface area contributed by atoms with Crippen LogP contribution in [0.1, 0.15) is 38.5 Å². The molecule has 1 aromatic rings. The van der Waals surface area contributed by atoms with Gasteiger partial charge in [0.2, 0.25) is 0 Å². The number of urea groups is 1. The Hall–Kier alpha value is -2.33. The molecule has 0 radical (unpaired) electrons. The van der Waals surface area contributed by atoms with Gasteiger partial charge in [-0.05, 0) is 56.4 Å². The Kier molecular flexibility index (Phi) is 7.43. The van der Waals surface area contributed by atoms with Crippen molar-refractivity contribution in [1.82, 2.24) is 15.3 Å². The van der Waals surface area contributed by atoms with Crippen LogP contribution >= 0.6 is 0 Å². The first-order chi connectivity index (χ1) is 15.8. The van der Waals surface area contributed by atoms with E-state index in [4.69, 9.17) is 4.84 Å². The van der Waals surface area contributed by atoms with Gasteiger partial charge in [-0.2, -0.15) is 0 Å². The zero-order chi connectivity index (χ0) is 23.4. The third kappa shape index (κ3) is 5.97. The summed E-state index contributed by atoms with van der Waals surface area (Å²) in [6.07, 6.45) is 8.74. The highest BCUT2D eigenvalue weighted by atomic mass is 32.2. The molecule has 8 nitrogen and oxygen atoms in total. The number of halogens is 1. The van der Waals surface area contributed by atoms with Crippen LogP contribution in [0.25, 0.3) is 0 Å². The van der Waals surface area contributed by atoms with Gasteiger partial charge in [0.1, 0.15) is 5.82 Å². The van der Waals surface area contributed by atoms with E-state index < -0.39 is 15.7 Å². The number of anilines is 1. The van der Waals surface area contributed by atoms with Gasteiger partial charge in [-0.25, -0.2) is 17.6 Å². The first kappa shape index (κ1) is 23.8. The predicted octanol–water partition coefficient (Wildman–Crippen LogP) is 2.91. The highest BCUT2D eigenvalue weighted by Crippen LogP contribution is 2.25. The van der Waals surface area contributed by atoms with E-state index >= 15 is 0 Å². The number of benzene rings is 1. The SMILES string of the molecule is CS(=O)(=O)c1ccc(N2CC=C(NOC3CCN(C(=O)N4CCCCC4)CC3)CC2)c(F)c1. The van der Waals surface area contributed by atoms with E-state index in [1.807, 2.05) is 20.8 Å². The lowest BCUT2D eigenvalue weighted by molar-refractivity contribution is -0.0380. The van der Waals surface area contributed by atoms with Gasteiger partial charge in [0.25, 0.3) is 0 Å². The summed E-state index contributed by atoms with van der Waals surface area (Å²) in [7, 11) is -3.43. The number of nitrogens with one attached hydrogen (secondary N) is 1. The molecule has 4 rings (SSSR count). The molecule has 0 atom stereocenters. The standard InChI is InChI=1S/C23H33FN4O4S/c1-33(30,31)20-5-6-22(21(24)17-20)26-13-7-18(8-14-26)25-32-19-9-15-28(16-10-19)23(29)27-11-3-2-4-12-27/h5-7,17,19,25H,2-4,8-16H2,1H3. The second-order valence-corrected chi connectivity index (χ2v) is 11.1. The van der Waals surface area contributed by atoms with Crippen LogP contribution in [-0.2, 0) is 14.7 Å². The number of hydrogen-bond donors (Lipinski definition) is 1. The lowest BCUT2D eigenvalue weighted by Crippen LogP contribution is -2.49. The number of hydrogen-bond acceptors (Lipinski definition) is 6. The molecule has 1 aromatic carbocycles. The predicted molar refractivity (Wildman–Crippen MR) is 124 cm³/mol. The molecule has 0 saturated carbocycles. The van der Waals surface area contributed by atoms with Crippen LogP contribution in [-0.4, -0.2) is 75.9 Å². The minimum atomic E-state index is -3.43. The molecule has 10 heteroatoms. The normalized spacial score (nSPS) is 20.5. The van der Waals surface area contributed by atoms with Crippen LogP contribution in [0.15, 0.2) is 34.9 Å². The number of carbonyl (C=O) groups excluding carboxylic acids is 1. The van der Waals surface area contributed by atoms with Crippen molar-refractivity contribution < 1.29 is 22.4 Å². The monoisotopic (exact) mass is 480 g/mol. The van der Waals surface area contributed by atoms with E-state index in [2.05, 4.69) is 5.48 Å². The second-order valence-electron chi connectivity index (χ2n) is 9.05. The van der Waals surface area contributed by atoms with E-state index in [-0.39, 0.29) is 17.0 Å². The third-order valence-corrected chi connectivity index (χ3v) is 7.70. The minimum Gasteiger partial charge on any atom is -0.365 e. The van der Waals surface area contributed by atoms with Crippen LogP contribution < -0.4 is 10.4 Å². The Morgan fingerprint density at radius 2 is 1.76 bits per heavy atom. The van der Waals surface area contributed by atoms with E-state index in [9.17, 15) is 17.6 Å². The second kappa shape index (κ2) is 10.3. The van der Waals surface area contributed by atoms with Crippen molar-refractivity contribution in [2.24, 2.45) is 0 Å². The van der Waals surface area contributed by atoms with Crippen molar-refractivity contribution in [3.63, 3.8) is 0 Å². The first-order valence-electron chi connectivity index (χ1n) is 11.7. The maximum absolute atomic E-state index is 14.5. The summed E-state index contributed by atoms with van der Waals surface area (Å²) < 4.78 is 37.7. The lowest BCUT2D eigenvalue weighted by Gasteiger charge is -2.37. The molecule has 0 aromatic heterocycles. The summed E-state index contributed by atoms with van der Waals surface area (Å²) in [6.45, 7) is 4.25. The van der Waals surface area contributed by atoms with Gasteiger partial charge < -0.3 is 14.7 Å². The Bertz CT molecular complexity index is 986. The van der Waals surface area contributed by atoms with Crippen LogP contribution in [0.5, 0.6) is 0 Å². The number of carbonyl (C=O) groups is 1. The van der Waals surface area contributed by atoms with Gasteiger partial charge >= 0.3 is 6.03 Å². The molecular weight excluding hydrogens is 447 g/mol. The molecule has 1 N–H and O–H groups in total. The Morgan fingerprint density at radius 3 is 2.36 bits per heavy atom. The summed E-state index contributed by atoms with van der Waals surface area (Å²) in [5.74, 6) is -0.537. The number of amides is 2. The molecule has 0 bridgehead atoms. The maximum atomic E-state index is 14.5. The molecule has 2 fully saturated rings. The van der Waals surface area contributed by atoms with Gasteiger partial charge in [-0.3, -0.25) is 10.3 Å². The largest absolute Gasteiger partial charge is 0.365 e. The lowest BCUT2D eigenvalue weighted by atomic mass is 10.1. The number of piperidine rings is 2. The Morgan fingerprint density at radius 1 is 1.06 bits per heavy atom. The quantitative estimate of drug-likeness (QED) is 0.653. The zero-order valence-electron chi connectivity index (χ0n) is 19.1. The summed E-state index contributed by atoms with van der Waals surface area (Å²) in [6, 6.07) is 4.20. The van der Waals surface area contributed by atoms with Gasteiger partial charge in [0, 0.05) is 57.6 Å². The molecule has 33 heavy (non-hydrogen) atoms. The van der Waals surface area contributed by atoms with Crippen LogP contribution in [0.4, 0.5) is 14.9 Å². The molecule has 0 spiro atoms. The average molecular weight is 481 g/mol. The maximum Gasteiger partial charge on any atom is 0.320 e. The van der Waals surface area contributed by atoms with Crippen LogP contribution in [0.2, 0.25) is 0 Å².